The van der Waals surface area contributed by atoms with Crippen molar-refractivity contribution in [3.05, 3.63) is 29.6 Å². The van der Waals surface area contributed by atoms with Crippen LogP contribution in [0.3, 0.4) is 0 Å². The van der Waals surface area contributed by atoms with Gasteiger partial charge in [0.2, 0.25) is 0 Å². The van der Waals surface area contributed by atoms with E-state index in [9.17, 15) is 4.39 Å². The number of nitrogens with two attached hydrogens (primary N) is 1. The van der Waals surface area contributed by atoms with Crippen LogP contribution < -0.4 is 10.5 Å². The van der Waals surface area contributed by atoms with E-state index in [-0.39, 0.29) is 11.9 Å². The average molecular weight is 223 g/mol. The van der Waals surface area contributed by atoms with E-state index in [4.69, 9.17) is 10.5 Å². The molecule has 1 aliphatic carbocycles. The summed E-state index contributed by atoms with van der Waals surface area (Å²) in [6.07, 6.45) is 3.62. The molecule has 0 bridgehead atoms. The normalized spacial score (nSPS) is 17.2. The van der Waals surface area contributed by atoms with Gasteiger partial charge in [0.25, 0.3) is 0 Å². The molecule has 1 aliphatic rings. The van der Waals surface area contributed by atoms with Crippen molar-refractivity contribution in [2.24, 2.45) is 11.7 Å². The van der Waals surface area contributed by atoms with Crippen LogP contribution in [0.5, 0.6) is 5.75 Å². The van der Waals surface area contributed by atoms with Crippen LogP contribution >= 0.6 is 0 Å². The van der Waals surface area contributed by atoms with Crippen LogP contribution in [0.2, 0.25) is 0 Å². The largest absolute Gasteiger partial charge is 0.490 e. The predicted molar refractivity (Wildman–Crippen MR) is 61.8 cm³/mol. The van der Waals surface area contributed by atoms with E-state index in [1.807, 2.05) is 6.92 Å². The van der Waals surface area contributed by atoms with Gasteiger partial charge in [-0.1, -0.05) is 18.9 Å². The van der Waals surface area contributed by atoms with Gasteiger partial charge in [-0.15, -0.1) is 0 Å². The lowest BCUT2D eigenvalue weighted by Crippen LogP contribution is -2.06. The van der Waals surface area contributed by atoms with E-state index in [0.29, 0.717) is 12.4 Å². The molecule has 1 fully saturated rings. The van der Waals surface area contributed by atoms with Crippen LogP contribution in [-0.4, -0.2) is 6.61 Å². The molecular formula is C13H18FNO. The molecule has 1 atom stereocenters. The maximum absolute atomic E-state index is 13.4. The minimum absolute atomic E-state index is 0.0913. The van der Waals surface area contributed by atoms with Crippen LogP contribution in [0, 0.1) is 11.7 Å². The Morgan fingerprint density at radius 3 is 2.88 bits per heavy atom. The van der Waals surface area contributed by atoms with Crippen molar-refractivity contribution in [1.82, 2.24) is 0 Å². The van der Waals surface area contributed by atoms with Crippen LogP contribution in [0.15, 0.2) is 18.2 Å². The number of hydrogen-bond acceptors (Lipinski definition) is 2. The fourth-order valence-electron chi connectivity index (χ4n) is 1.66. The zero-order valence-electron chi connectivity index (χ0n) is 9.58. The summed E-state index contributed by atoms with van der Waals surface area (Å²) in [6.45, 7) is 2.48. The van der Waals surface area contributed by atoms with E-state index in [2.05, 4.69) is 0 Å². The van der Waals surface area contributed by atoms with Gasteiger partial charge in [-0.05, 0) is 37.0 Å². The highest BCUT2D eigenvalue weighted by molar-refractivity contribution is 5.31. The lowest BCUT2D eigenvalue weighted by atomic mass is 10.1. The molecule has 88 valence electrons. The average Bonchev–Trinajstić information content (AvgIpc) is 3.04. The molecule has 1 aromatic rings. The lowest BCUT2D eigenvalue weighted by molar-refractivity contribution is 0.287. The van der Waals surface area contributed by atoms with Crippen molar-refractivity contribution < 1.29 is 9.13 Å². The number of hydrogen-bond donors (Lipinski definition) is 1. The smallest absolute Gasteiger partial charge is 0.165 e. The molecule has 2 rings (SSSR count). The Morgan fingerprint density at radius 1 is 1.50 bits per heavy atom. The molecular weight excluding hydrogens is 205 g/mol. The second-order valence-electron chi connectivity index (χ2n) is 4.56. The summed E-state index contributed by atoms with van der Waals surface area (Å²) in [4.78, 5) is 0. The molecule has 0 spiro atoms. The minimum Gasteiger partial charge on any atom is -0.490 e. The number of ether oxygens (including phenoxy) is 1. The highest BCUT2D eigenvalue weighted by atomic mass is 19.1. The first-order chi connectivity index (χ1) is 7.66. The highest BCUT2D eigenvalue weighted by Crippen LogP contribution is 2.32. The third-order valence-electron chi connectivity index (χ3n) is 2.96. The van der Waals surface area contributed by atoms with Gasteiger partial charge in [-0.25, -0.2) is 4.39 Å². The molecule has 2 nitrogen and oxygen atoms in total. The molecule has 2 N–H and O–H groups in total. The lowest BCUT2D eigenvalue weighted by Gasteiger charge is -2.10. The van der Waals surface area contributed by atoms with Crippen molar-refractivity contribution in [2.45, 2.75) is 32.2 Å². The van der Waals surface area contributed by atoms with E-state index in [1.54, 1.807) is 12.1 Å². The Bertz CT molecular complexity index is 361. The number of benzene rings is 1. The van der Waals surface area contributed by atoms with Gasteiger partial charge in [0, 0.05) is 6.04 Å². The van der Waals surface area contributed by atoms with Crippen LogP contribution in [0.25, 0.3) is 0 Å². The van der Waals surface area contributed by atoms with Crippen LogP contribution in [0.4, 0.5) is 4.39 Å². The van der Waals surface area contributed by atoms with Crippen molar-refractivity contribution in [3.63, 3.8) is 0 Å². The van der Waals surface area contributed by atoms with Crippen molar-refractivity contribution in [2.75, 3.05) is 6.61 Å². The summed E-state index contributed by atoms with van der Waals surface area (Å²) in [6, 6.07) is 4.73. The van der Waals surface area contributed by atoms with Crippen LogP contribution in [0.1, 0.15) is 37.8 Å². The Morgan fingerprint density at radius 2 is 2.25 bits per heavy atom. The number of halogens is 1. The van der Waals surface area contributed by atoms with Gasteiger partial charge in [-0.2, -0.15) is 0 Å². The Kier molecular flexibility index (Phi) is 3.44. The van der Waals surface area contributed by atoms with Gasteiger partial charge in [-0.3, -0.25) is 0 Å². The van der Waals surface area contributed by atoms with Gasteiger partial charge < -0.3 is 10.5 Å². The second-order valence-corrected chi connectivity index (χ2v) is 4.56. The maximum atomic E-state index is 13.4. The van der Waals surface area contributed by atoms with Crippen molar-refractivity contribution in [1.29, 1.82) is 0 Å². The number of rotatable bonds is 5. The Hall–Kier alpha value is -1.09. The third-order valence-corrected chi connectivity index (χ3v) is 2.96. The van der Waals surface area contributed by atoms with E-state index < -0.39 is 0 Å². The van der Waals surface area contributed by atoms with Gasteiger partial charge >= 0.3 is 0 Å². The first-order valence-corrected chi connectivity index (χ1v) is 5.84. The summed E-state index contributed by atoms with van der Waals surface area (Å²) in [7, 11) is 0. The van der Waals surface area contributed by atoms with Gasteiger partial charge in [0.15, 0.2) is 11.6 Å². The third kappa shape index (κ3) is 2.95. The molecule has 0 saturated heterocycles. The van der Waals surface area contributed by atoms with E-state index in [0.717, 1.165) is 17.9 Å². The van der Waals surface area contributed by atoms with Gasteiger partial charge in [0.05, 0.1) is 6.61 Å². The Balaban J connectivity index is 1.96. The minimum atomic E-state index is -0.305. The van der Waals surface area contributed by atoms with E-state index in [1.165, 1.54) is 18.9 Å². The SMILES string of the molecule is C[C@H](N)c1ccc(F)c(OCCC2CC2)c1. The van der Waals surface area contributed by atoms with Gasteiger partial charge in [0.1, 0.15) is 0 Å². The summed E-state index contributed by atoms with van der Waals surface area (Å²) < 4.78 is 18.9. The summed E-state index contributed by atoms with van der Waals surface area (Å²) in [5.41, 5.74) is 6.65. The first kappa shape index (κ1) is 11.4. The highest BCUT2D eigenvalue weighted by Gasteiger charge is 2.21. The molecule has 3 heteroatoms. The molecule has 0 unspecified atom stereocenters. The second kappa shape index (κ2) is 4.83. The fourth-order valence-corrected chi connectivity index (χ4v) is 1.66. The fraction of sp³-hybridized carbons (Fsp3) is 0.538. The molecule has 0 aromatic heterocycles. The summed E-state index contributed by atoms with van der Waals surface area (Å²) in [5.74, 6) is 0.829. The Labute approximate surface area is 95.6 Å². The molecule has 0 amide bonds. The quantitative estimate of drug-likeness (QED) is 0.832. The van der Waals surface area contributed by atoms with Crippen molar-refractivity contribution >= 4 is 0 Å². The summed E-state index contributed by atoms with van der Waals surface area (Å²) >= 11 is 0. The molecule has 1 aromatic carbocycles. The zero-order valence-corrected chi connectivity index (χ0v) is 9.58. The maximum Gasteiger partial charge on any atom is 0.165 e. The predicted octanol–water partition coefficient (Wildman–Crippen LogP) is 3.02. The molecule has 1 saturated carbocycles. The molecule has 0 aliphatic heterocycles. The first-order valence-electron chi connectivity index (χ1n) is 5.84. The molecule has 16 heavy (non-hydrogen) atoms. The van der Waals surface area contributed by atoms with E-state index >= 15 is 0 Å². The van der Waals surface area contributed by atoms with Crippen molar-refractivity contribution in [3.8, 4) is 5.75 Å². The summed E-state index contributed by atoms with van der Waals surface area (Å²) in [5, 5.41) is 0. The van der Waals surface area contributed by atoms with Crippen LogP contribution in [-0.2, 0) is 0 Å². The molecule has 0 heterocycles. The monoisotopic (exact) mass is 223 g/mol. The molecule has 0 radical (unpaired) electrons. The zero-order chi connectivity index (χ0) is 11.5. The topological polar surface area (TPSA) is 35.2 Å². The standard InChI is InChI=1S/C13H18FNO/c1-9(15)11-4-5-12(14)13(8-11)16-7-6-10-2-3-10/h4-5,8-10H,2-3,6-7,15H2,1H3/t9-/m0/s1.